The lowest BCUT2D eigenvalue weighted by atomic mass is 10.1. The molecule has 0 atom stereocenters. The Bertz CT molecular complexity index is 466. The van der Waals surface area contributed by atoms with E-state index >= 15 is 0 Å². The molecule has 2 radical (unpaired) electrons. The van der Waals surface area contributed by atoms with Gasteiger partial charge in [0.15, 0.2) is 0 Å². The summed E-state index contributed by atoms with van der Waals surface area (Å²) in [7, 11) is 3.12. The molecule has 0 aromatic heterocycles. The highest BCUT2D eigenvalue weighted by Gasteiger charge is 2.39. The average molecular weight is 515 g/mol. The number of likely N-dealkylation sites (N-methyl/N-ethyl adjacent to an activating group) is 2. The molecule has 2 aliphatic rings. The highest BCUT2D eigenvalue weighted by atomic mass is 28.4. The Balaban J connectivity index is 1.63. The van der Waals surface area contributed by atoms with E-state index < -0.39 is 8.80 Å². The summed E-state index contributed by atoms with van der Waals surface area (Å²) in [6.07, 6.45) is 7.84. The highest BCUT2D eigenvalue weighted by molar-refractivity contribution is 6.60. The first-order valence-electron chi connectivity index (χ1n) is 14.0. The van der Waals surface area contributed by atoms with Gasteiger partial charge >= 0.3 is 8.80 Å². The Morgan fingerprint density at radius 2 is 1.03 bits per heavy atom. The van der Waals surface area contributed by atoms with Crippen molar-refractivity contribution in [2.24, 2.45) is 0 Å². The summed E-state index contributed by atoms with van der Waals surface area (Å²) in [5.41, 5.74) is 0. The zero-order valence-electron chi connectivity index (χ0n) is 23.0. The van der Waals surface area contributed by atoms with Gasteiger partial charge in [-0.3, -0.25) is 9.80 Å². The molecule has 0 aromatic rings. The van der Waals surface area contributed by atoms with Gasteiger partial charge in [-0.25, -0.2) is 0 Å². The van der Waals surface area contributed by atoms with Gasteiger partial charge in [0.05, 0.1) is 9.52 Å². The summed E-state index contributed by atoms with van der Waals surface area (Å²) in [4.78, 5) is 10.5. The van der Waals surface area contributed by atoms with Crippen molar-refractivity contribution in [3.8, 4) is 0 Å². The van der Waals surface area contributed by atoms with Gasteiger partial charge in [0.25, 0.3) is 0 Å². The minimum Gasteiger partial charge on any atom is -0.374 e. The molecule has 0 N–H and O–H groups in total. The van der Waals surface area contributed by atoms with Crippen molar-refractivity contribution < 1.29 is 13.3 Å². The lowest BCUT2D eigenvalue weighted by molar-refractivity contribution is 0.0311. The molecule has 2 aliphatic heterocycles. The summed E-state index contributed by atoms with van der Waals surface area (Å²) in [5, 5.41) is 0. The van der Waals surface area contributed by atoms with E-state index in [1.54, 1.807) is 0 Å². The van der Waals surface area contributed by atoms with Crippen LogP contribution in [0.1, 0.15) is 59.3 Å². The van der Waals surface area contributed by atoms with Crippen LogP contribution in [0, 0.1) is 0 Å². The topological polar surface area (TPSA) is 40.7 Å². The fourth-order valence-corrected chi connectivity index (χ4v) is 9.46. The molecule has 7 nitrogen and oxygen atoms in total. The van der Waals surface area contributed by atoms with E-state index in [4.69, 9.17) is 13.3 Å². The molecular formula is C25H54N4O3Si2. The van der Waals surface area contributed by atoms with Crippen LogP contribution in [0.5, 0.6) is 0 Å². The normalized spacial score (nSPS) is 19.9. The fraction of sp³-hybridized carbons (Fsp3) is 1.00. The molecule has 2 heterocycles. The predicted molar refractivity (Wildman–Crippen MR) is 146 cm³/mol. The molecule has 0 aromatic carbocycles. The van der Waals surface area contributed by atoms with E-state index in [0.717, 1.165) is 22.0 Å². The second kappa shape index (κ2) is 17.6. The summed E-state index contributed by atoms with van der Waals surface area (Å²) in [5.74, 6) is 0.677. The number of hydrogen-bond donors (Lipinski definition) is 0. The second-order valence-electron chi connectivity index (χ2n) is 9.86. The Hall–Kier alpha value is 0.154. The molecule has 0 unspecified atom stereocenters. The summed E-state index contributed by atoms with van der Waals surface area (Å²) >= 11 is 0. The number of nitrogens with zero attached hydrogens (tertiary/aromatic N) is 4. The fourth-order valence-electron chi connectivity index (χ4n) is 5.03. The first-order chi connectivity index (χ1) is 16.5. The molecule has 0 amide bonds. The van der Waals surface area contributed by atoms with Gasteiger partial charge in [-0.1, -0.05) is 38.1 Å². The standard InChI is InChI=1S/C25H54N4O3Si2/c1-6-30-34(31-7-2,32-8-3)24-14-12-10-9-11-13-23-33-25(28-19-15-26(4)16-20-28)29-21-17-27(5)18-22-29/h25H,6-24H2,1-5H3. The van der Waals surface area contributed by atoms with Crippen molar-refractivity contribution in [1.82, 2.24) is 19.6 Å². The highest BCUT2D eigenvalue weighted by Crippen LogP contribution is 2.21. The average Bonchev–Trinajstić information content (AvgIpc) is 2.82. The SMILES string of the molecule is CCO[Si](CCCCCCCC[Si]C(N1CCN(C)CC1)N1CCN(C)CC1)(OCC)OCC. The van der Waals surface area contributed by atoms with Gasteiger partial charge in [-0.15, -0.1) is 0 Å². The monoisotopic (exact) mass is 514 g/mol. The summed E-state index contributed by atoms with van der Waals surface area (Å²) in [6, 6.07) is 2.35. The largest absolute Gasteiger partial charge is 0.500 e. The van der Waals surface area contributed by atoms with Gasteiger partial charge in [-0.05, 0) is 41.3 Å². The van der Waals surface area contributed by atoms with Crippen LogP contribution in [0.15, 0.2) is 0 Å². The van der Waals surface area contributed by atoms with Gasteiger partial charge in [0, 0.05) is 84.0 Å². The van der Waals surface area contributed by atoms with Crippen molar-refractivity contribution in [2.45, 2.75) is 77.2 Å². The smallest absolute Gasteiger partial charge is 0.374 e. The Morgan fingerprint density at radius 1 is 0.618 bits per heavy atom. The third-order valence-electron chi connectivity index (χ3n) is 7.10. The van der Waals surface area contributed by atoms with Crippen LogP contribution < -0.4 is 0 Å². The quantitative estimate of drug-likeness (QED) is 0.205. The number of piperazine rings is 2. The molecule has 34 heavy (non-hydrogen) atoms. The molecule has 0 spiro atoms. The second-order valence-corrected chi connectivity index (χ2v) is 14.0. The van der Waals surface area contributed by atoms with Crippen LogP contribution in [0.4, 0.5) is 0 Å². The molecule has 0 saturated carbocycles. The van der Waals surface area contributed by atoms with Crippen LogP contribution in [0.2, 0.25) is 12.1 Å². The van der Waals surface area contributed by atoms with Crippen molar-refractivity contribution in [3.63, 3.8) is 0 Å². The van der Waals surface area contributed by atoms with E-state index in [1.807, 2.05) is 20.8 Å². The molecule has 9 heteroatoms. The van der Waals surface area contributed by atoms with Crippen molar-refractivity contribution in [2.75, 3.05) is 86.3 Å². The van der Waals surface area contributed by atoms with Gasteiger partial charge in [0.1, 0.15) is 0 Å². The van der Waals surface area contributed by atoms with Crippen LogP contribution in [0.25, 0.3) is 0 Å². The summed E-state index contributed by atoms with van der Waals surface area (Å²) in [6.45, 7) is 17.9. The zero-order valence-corrected chi connectivity index (χ0v) is 25.0. The molecule has 2 saturated heterocycles. The van der Waals surface area contributed by atoms with Crippen LogP contribution in [0.3, 0.4) is 0 Å². The maximum Gasteiger partial charge on any atom is 0.500 e. The van der Waals surface area contributed by atoms with E-state index in [-0.39, 0.29) is 0 Å². The third-order valence-corrected chi connectivity index (χ3v) is 12.0. The molecule has 0 aliphatic carbocycles. The Morgan fingerprint density at radius 3 is 1.47 bits per heavy atom. The molecular weight excluding hydrogens is 460 g/mol. The van der Waals surface area contributed by atoms with Crippen LogP contribution >= 0.6 is 0 Å². The first kappa shape index (κ1) is 30.4. The minimum absolute atomic E-state index is 0.677. The predicted octanol–water partition coefficient (Wildman–Crippen LogP) is 3.28. The maximum absolute atomic E-state index is 5.99. The van der Waals surface area contributed by atoms with Crippen molar-refractivity contribution in [1.29, 1.82) is 0 Å². The minimum atomic E-state index is -2.45. The molecule has 2 rings (SSSR count). The summed E-state index contributed by atoms with van der Waals surface area (Å²) < 4.78 is 18.0. The molecule has 0 bridgehead atoms. The van der Waals surface area contributed by atoms with Gasteiger partial charge in [-0.2, -0.15) is 0 Å². The third kappa shape index (κ3) is 11.0. The molecule has 2 fully saturated rings. The Kier molecular flexibility index (Phi) is 15.7. The number of unbranched alkanes of at least 4 members (excludes halogenated alkanes) is 5. The van der Waals surface area contributed by atoms with Crippen molar-refractivity contribution in [3.05, 3.63) is 0 Å². The molecule has 200 valence electrons. The van der Waals surface area contributed by atoms with E-state index in [2.05, 4.69) is 33.7 Å². The number of hydrogen-bond acceptors (Lipinski definition) is 7. The van der Waals surface area contributed by atoms with Crippen molar-refractivity contribution >= 4 is 18.3 Å². The maximum atomic E-state index is 5.99. The van der Waals surface area contributed by atoms with E-state index in [0.29, 0.717) is 25.6 Å². The number of rotatable bonds is 18. The first-order valence-corrected chi connectivity index (χ1v) is 17.3. The van der Waals surface area contributed by atoms with E-state index in [9.17, 15) is 0 Å². The lowest BCUT2D eigenvalue weighted by Gasteiger charge is -2.45. The zero-order chi connectivity index (χ0) is 24.7. The Labute approximate surface area is 214 Å². The van der Waals surface area contributed by atoms with Gasteiger partial charge in [0.2, 0.25) is 0 Å². The van der Waals surface area contributed by atoms with E-state index in [1.165, 1.54) is 90.5 Å². The lowest BCUT2D eigenvalue weighted by Crippen LogP contribution is -2.61. The van der Waals surface area contributed by atoms with Gasteiger partial charge < -0.3 is 23.1 Å². The van der Waals surface area contributed by atoms with Crippen LogP contribution in [-0.4, -0.2) is 130 Å². The van der Waals surface area contributed by atoms with Crippen LogP contribution in [-0.2, 0) is 13.3 Å².